The van der Waals surface area contributed by atoms with E-state index in [2.05, 4.69) is 36.5 Å². The molecule has 1 aliphatic heterocycles. The highest BCUT2D eigenvalue weighted by atomic mass is 79.9. The van der Waals surface area contributed by atoms with Crippen LogP contribution in [-0.4, -0.2) is 38.0 Å². The highest BCUT2D eigenvalue weighted by molar-refractivity contribution is 9.10. The molecule has 1 unspecified atom stereocenters. The SMILES string of the molecule is CC(NC(=O)OC(C)(C)C)c1nnc2n1N=C(c1ccc(Br)cc1)CS2. The Balaban J connectivity index is 1.82. The van der Waals surface area contributed by atoms with E-state index in [1.54, 1.807) is 16.4 Å². The van der Waals surface area contributed by atoms with Gasteiger partial charge in [0.05, 0.1) is 11.8 Å². The molecule has 1 aromatic heterocycles. The third-order valence-corrected chi connectivity index (χ3v) is 4.95. The molecule has 0 bridgehead atoms. The topological polar surface area (TPSA) is 81.4 Å². The van der Waals surface area contributed by atoms with Crippen molar-refractivity contribution in [3.05, 3.63) is 40.1 Å². The van der Waals surface area contributed by atoms with Gasteiger partial charge < -0.3 is 10.1 Å². The molecular formula is C17H20BrN5O2S. The highest BCUT2D eigenvalue weighted by Crippen LogP contribution is 2.26. The number of amides is 1. The second kappa shape index (κ2) is 7.40. The minimum absolute atomic E-state index is 0.389. The zero-order valence-electron chi connectivity index (χ0n) is 15.0. The van der Waals surface area contributed by atoms with Crippen molar-refractivity contribution in [2.45, 2.75) is 44.5 Å². The average molecular weight is 438 g/mol. The normalized spacial score (nSPS) is 15.0. The Kier molecular flexibility index (Phi) is 5.38. The molecule has 9 heteroatoms. The van der Waals surface area contributed by atoms with Gasteiger partial charge in [0.25, 0.3) is 0 Å². The molecule has 26 heavy (non-hydrogen) atoms. The van der Waals surface area contributed by atoms with Crippen LogP contribution in [-0.2, 0) is 4.74 Å². The first-order chi connectivity index (χ1) is 12.2. The Morgan fingerprint density at radius 1 is 1.31 bits per heavy atom. The average Bonchev–Trinajstić information content (AvgIpc) is 2.96. The second-order valence-electron chi connectivity index (χ2n) is 6.86. The standard InChI is InChI=1S/C17H20BrN5O2S/c1-10(19-16(24)25-17(2,3)4)14-20-21-15-23(14)22-13(9-26-15)11-5-7-12(18)8-6-11/h5-8,10H,9H2,1-4H3,(H,19,24). The molecule has 1 atom stereocenters. The quantitative estimate of drug-likeness (QED) is 0.784. The Labute approximate surface area is 164 Å². The molecular weight excluding hydrogens is 418 g/mol. The Bertz CT molecular complexity index is 842. The van der Waals surface area contributed by atoms with Crippen LogP contribution in [0.4, 0.5) is 4.79 Å². The lowest BCUT2D eigenvalue weighted by Gasteiger charge is -2.22. The molecule has 0 saturated carbocycles. The fourth-order valence-electron chi connectivity index (χ4n) is 2.35. The van der Waals surface area contributed by atoms with Crippen molar-refractivity contribution >= 4 is 39.5 Å². The summed E-state index contributed by atoms with van der Waals surface area (Å²) in [5, 5.41) is 16.5. The van der Waals surface area contributed by atoms with Crippen molar-refractivity contribution in [2.75, 3.05) is 5.75 Å². The Morgan fingerprint density at radius 2 is 2.00 bits per heavy atom. The minimum Gasteiger partial charge on any atom is -0.444 e. The number of benzene rings is 1. The first-order valence-corrected chi connectivity index (χ1v) is 9.92. The molecule has 0 spiro atoms. The molecule has 0 radical (unpaired) electrons. The largest absolute Gasteiger partial charge is 0.444 e. The number of fused-ring (bicyclic) bond motifs is 1. The zero-order valence-corrected chi connectivity index (χ0v) is 17.4. The van der Waals surface area contributed by atoms with Crippen LogP contribution >= 0.6 is 27.7 Å². The summed E-state index contributed by atoms with van der Waals surface area (Å²) in [5.74, 6) is 1.28. The smallest absolute Gasteiger partial charge is 0.408 e. The number of carbonyl (C=O) groups is 1. The van der Waals surface area contributed by atoms with Gasteiger partial charge in [-0.3, -0.25) is 0 Å². The zero-order chi connectivity index (χ0) is 18.9. The number of hydrogen-bond acceptors (Lipinski definition) is 6. The fraction of sp³-hybridized carbons (Fsp3) is 0.412. The van der Waals surface area contributed by atoms with Gasteiger partial charge in [-0.2, -0.15) is 9.78 Å². The van der Waals surface area contributed by atoms with E-state index < -0.39 is 11.7 Å². The first kappa shape index (κ1) is 18.9. The molecule has 1 aliphatic rings. The highest BCUT2D eigenvalue weighted by Gasteiger charge is 2.25. The number of rotatable bonds is 3. The van der Waals surface area contributed by atoms with E-state index >= 15 is 0 Å². The number of hydrogen-bond donors (Lipinski definition) is 1. The van der Waals surface area contributed by atoms with Gasteiger partial charge in [-0.15, -0.1) is 10.2 Å². The van der Waals surface area contributed by atoms with Crippen LogP contribution in [0.5, 0.6) is 0 Å². The number of alkyl carbamates (subject to hydrolysis) is 1. The second-order valence-corrected chi connectivity index (χ2v) is 8.72. The van der Waals surface area contributed by atoms with Crippen molar-refractivity contribution in [3.8, 4) is 0 Å². The van der Waals surface area contributed by atoms with Gasteiger partial charge in [-0.05, 0) is 45.4 Å². The van der Waals surface area contributed by atoms with Gasteiger partial charge in [0.1, 0.15) is 5.60 Å². The predicted octanol–water partition coefficient (Wildman–Crippen LogP) is 3.98. The van der Waals surface area contributed by atoms with Crippen LogP contribution in [0.2, 0.25) is 0 Å². The third-order valence-electron chi connectivity index (χ3n) is 3.49. The molecule has 138 valence electrons. The van der Waals surface area contributed by atoms with Gasteiger partial charge in [0, 0.05) is 10.2 Å². The molecule has 3 rings (SSSR count). The molecule has 0 saturated heterocycles. The summed E-state index contributed by atoms with van der Waals surface area (Å²) in [4.78, 5) is 12.0. The predicted molar refractivity (Wildman–Crippen MR) is 105 cm³/mol. The van der Waals surface area contributed by atoms with Gasteiger partial charge in [0.2, 0.25) is 5.16 Å². The van der Waals surface area contributed by atoms with Crippen LogP contribution in [0.3, 0.4) is 0 Å². The lowest BCUT2D eigenvalue weighted by atomic mass is 10.1. The van der Waals surface area contributed by atoms with Gasteiger partial charge >= 0.3 is 6.09 Å². The van der Waals surface area contributed by atoms with Gasteiger partial charge in [-0.1, -0.05) is 39.8 Å². The van der Waals surface area contributed by atoms with Gasteiger partial charge in [0.15, 0.2) is 5.82 Å². The van der Waals surface area contributed by atoms with Crippen LogP contribution < -0.4 is 5.32 Å². The number of nitrogens with zero attached hydrogens (tertiary/aromatic N) is 4. The molecule has 7 nitrogen and oxygen atoms in total. The summed E-state index contributed by atoms with van der Waals surface area (Å²) < 4.78 is 8.01. The monoisotopic (exact) mass is 437 g/mol. The number of aromatic nitrogens is 3. The maximum atomic E-state index is 12.0. The van der Waals surface area contributed by atoms with Gasteiger partial charge in [-0.25, -0.2) is 4.79 Å². The van der Waals surface area contributed by atoms with E-state index in [0.29, 0.717) is 16.7 Å². The minimum atomic E-state index is -0.559. The number of carbonyl (C=O) groups excluding carboxylic acids is 1. The molecule has 2 aromatic rings. The summed E-state index contributed by atoms with van der Waals surface area (Å²) >= 11 is 5.01. The van der Waals surface area contributed by atoms with Crippen molar-refractivity contribution in [2.24, 2.45) is 5.10 Å². The van der Waals surface area contributed by atoms with Crippen molar-refractivity contribution in [3.63, 3.8) is 0 Å². The van der Waals surface area contributed by atoms with E-state index in [9.17, 15) is 4.79 Å². The number of ether oxygens (including phenoxy) is 1. The van der Waals surface area contributed by atoms with E-state index in [4.69, 9.17) is 4.74 Å². The molecule has 1 amide bonds. The number of nitrogens with one attached hydrogen (secondary N) is 1. The number of thioether (sulfide) groups is 1. The van der Waals surface area contributed by atoms with Crippen LogP contribution in [0.15, 0.2) is 39.0 Å². The van der Waals surface area contributed by atoms with Crippen LogP contribution in [0, 0.1) is 0 Å². The third kappa shape index (κ3) is 4.45. The maximum Gasteiger partial charge on any atom is 0.408 e. The summed E-state index contributed by atoms with van der Waals surface area (Å²) in [7, 11) is 0. The van der Waals surface area contributed by atoms with Crippen LogP contribution in [0.1, 0.15) is 45.1 Å². The van der Waals surface area contributed by atoms with Crippen molar-refractivity contribution < 1.29 is 9.53 Å². The summed E-state index contributed by atoms with van der Waals surface area (Å²) in [6, 6.07) is 7.61. The lowest BCUT2D eigenvalue weighted by Crippen LogP contribution is -2.35. The lowest BCUT2D eigenvalue weighted by molar-refractivity contribution is 0.0505. The fourth-order valence-corrected chi connectivity index (χ4v) is 3.46. The summed E-state index contributed by atoms with van der Waals surface area (Å²) in [6.07, 6.45) is -0.497. The van der Waals surface area contributed by atoms with E-state index in [0.717, 1.165) is 15.7 Å². The Morgan fingerprint density at radius 3 is 2.65 bits per heavy atom. The van der Waals surface area contributed by atoms with E-state index in [-0.39, 0.29) is 6.04 Å². The first-order valence-electron chi connectivity index (χ1n) is 8.14. The van der Waals surface area contributed by atoms with Crippen LogP contribution in [0.25, 0.3) is 0 Å². The Hall–Kier alpha value is -1.87. The van der Waals surface area contributed by atoms with E-state index in [1.807, 2.05) is 52.0 Å². The van der Waals surface area contributed by atoms with E-state index in [1.165, 1.54) is 0 Å². The molecule has 1 aromatic carbocycles. The summed E-state index contributed by atoms with van der Waals surface area (Å²) in [6.45, 7) is 7.29. The number of halogens is 1. The molecule has 0 fully saturated rings. The summed E-state index contributed by atoms with van der Waals surface area (Å²) in [5.41, 5.74) is 1.41. The van der Waals surface area contributed by atoms with Crippen molar-refractivity contribution in [1.82, 2.24) is 20.2 Å². The molecule has 0 aliphatic carbocycles. The molecule has 1 N–H and O–H groups in total. The molecule has 2 heterocycles. The maximum absolute atomic E-state index is 12.0. The van der Waals surface area contributed by atoms with Crippen molar-refractivity contribution in [1.29, 1.82) is 0 Å².